The number of hydrogen-bond acceptors (Lipinski definition) is 4. The normalized spacial score (nSPS) is 20.3. The molecule has 0 aliphatic carbocycles. The highest BCUT2D eigenvalue weighted by atomic mass is 32.2. The van der Waals surface area contributed by atoms with E-state index in [2.05, 4.69) is 11.8 Å². The third-order valence-corrected chi connectivity index (χ3v) is 5.78. The van der Waals surface area contributed by atoms with Gasteiger partial charge in [-0.3, -0.25) is 10.3 Å². The number of nitrogens with two attached hydrogens (primary N) is 1. The van der Waals surface area contributed by atoms with Crippen molar-refractivity contribution in [3.8, 4) is 0 Å². The maximum atomic E-state index is 12.4. The number of nitrogens with one attached hydrogen (secondary N) is 1. The molecule has 0 spiro atoms. The Bertz CT molecular complexity index is 613. The molecule has 1 saturated heterocycles. The van der Waals surface area contributed by atoms with E-state index in [9.17, 15) is 8.42 Å². The Morgan fingerprint density at radius 2 is 2.19 bits per heavy atom. The summed E-state index contributed by atoms with van der Waals surface area (Å²) >= 11 is 0. The van der Waals surface area contributed by atoms with E-state index in [1.807, 2.05) is 0 Å². The lowest BCUT2D eigenvalue weighted by Crippen LogP contribution is -2.40. The Morgan fingerprint density at radius 3 is 2.86 bits per heavy atom. The van der Waals surface area contributed by atoms with Crippen LogP contribution in [0.25, 0.3) is 0 Å². The van der Waals surface area contributed by atoms with Crippen LogP contribution in [0.4, 0.5) is 0 Å². The predicted octanol–water partition coefficient (Wildman–Crippen LogP) is 1.62. The summed E-state index contributed by atoms with van der Waals surface area (Å²) in [5, 5.41) is 7.40. The third-order valence-electron chi connectivity index (χ3n) is 4.09. The smallest absolute Gasteiger partial charge is 0.179 e. The van der Waals surface area contributed by atoms with Crippen molar-refractivity contribution < 1.29 is 8.42 Å². The van der Waals surface area contributed by atoms with Crippen molar-refractivity contribution in [1.29, 1.82) is 5.41 Å². The van der Waals surface area contributed by atoms with Gasteiger partial charge in [0.1, 0.15) is 5.84 Å². The first-order chi connectivity index (χ1) is 9.90. The van der Waals surface area contributed by atoms with Crippen LogP contribution in [0.5, 0.6) is 0 Å². The summed E-state index contributed by atoms with van der Waals surface area (Å²) in [7, 11) is -3.33. The first kappa shape index (κ1) is 16.0. The van der Waals surface area contributed by atoms with Gasteiger partial charge in [-0.25, -0.2) is 8.42 Å². The molecule has 1 aliphatic rings. The number of rotatable bonds is 5. The molecule has 1 heterocycles. The van der Waals surface area contributed by atoms with Crippen molar-refractivity contribution in [3.05, 3.63) is 29.8 Å². The molecule has 1 aromatic carbocycles. The second kappa shape index (κ2) is 6.58. The van der Waals surface area contributed by atoms with E-state index in [1.54, 1.807) is 18.2 Å². The van der Waals surface area contributed by atoms with E-state index in [4.69, 9.17) is 11.1 Å². The summed E-state index contributed by atoms with van der Waals surface area (Å²) < 4.78 is 24.8. The van der Waals surface area contributed by atoms with Gasteiger partial charge in [-0.1, -0.05) is 18.6 Å². The number of nitrogens with zero attached hydrogens (tertiary/aromatic N) is 1. The zero-order valence-corrected chi connectivity index (χ0v) is 13.2. The minimum absolute atomic E-state index is 0.110. The second-order valence-corrected chi connectivity index (χ2v) is 7.75. The van der Waals surface area contributed by atoms with Crippen molar-refractivity contribution in [1.82, 2.24) is 4.90 Å². The fraction of sp³-hybridized carbons (Fsp3) is 0.533. The number of nitrogen functional groups attached to an aromatic ring is 1. The summed E-state index contributed by atoms with van der Waals surface area (Å²) in [6.45, 7) is 3.69. The third kappa shape index (κ3) is 4.04. The Labute approximate surface area is 126 Å². The zero-order chi connectivity index (χ0) is 15.5. The largest absolute Gasteiger partial charge is 0.384 e. The molecule has 0 bridgehead atoms. The van der Waals surface area contributed by atoms with Gasteiger partial charge in [0.15, 0.2) is 9.84 Å². The molecular weight excluding hydrogens is 286 g/mol. The highest BCUT2D eigenvalue weighted by Gasteiger charge is 2.22. The predicted molar refractivity (Wildman–Crippen MR) is 84.4 cm³/mol. The van der Waals surface area contributed by atoms with Gasteiger partial charge in [0.2, 0.25) is 0 Å². The van der Waals surface area contributed by atoms with Crippen LogP contribution in [-0.2, 0) is 9.84 Å². The molecule has 0 amide bonds. The molecule has 0 saturated carbocycles. The van der Waals surface area contributed by atoms with Crippen LogP contribution in [-0.4, -0.2) is 44.0 Å². The van der Waals surface area contributed by atoms with E-state index in [1.165, 1.54) is 12.5 Å². The number of benzene rings is 1. The number of piperidine rings is 1. The topological polar surface area (TPSA) is 87.2 Å². The molecule has 1 atom stereocenters. The molecule has 1 fully saturated rings. The lowest BCUT2D eigenvalue weighted by molar-refractivity contribution is 0.170. The summed E-state index contributed by atoms with van der Waals surface area (Å²) in [6.07, 6.45) is 3.51. The Morgan fingerprint density at radius 1 is 1.43 bits per heavy atom. The maximum Gasteiger partial charge on any atom is 0.179 e. The molecule has 1 unspecified atom stereocenters. The van der Waals surface area contributed by atoms with E-state index in [0.29, 0.717) is 18.2 Å². The molecule has 6 heteroatoms. The van der Waals surface area contributed by atoms with Crippen molar-refractivity contribution >= 4 is 15.7 Å². The molecule has 116 valence electrons. The fourth-order valence-electron chi connectivity index (χ4n) is 2.70. The first-order valence-electron chi connectivity index (χ1n) is 7.31. The summed E-state index contributed by atoms with van der Waals surface area (Å²) in [4.78, 5) is 2.50. The van der Waals surface area contributed by atoms with Crippen LogP contribution in [0.15, 0.2) is 29.2 Å². The maximum absolute atomic E-state index is 12.4. The van der Waals surface area contributed by atoms with E-state index in [-0.39, 0.29) is 16.5 Å². The fourth-order valence-corrected chi connectivity index (χ4v) is 4.01. The van der Waals surface area contributed by atoms with Gasteiger partial charge < -0.3 is 5.73 Å². The number of likely N-dealkylation sites (tertiary alicyclic amines) is 1. The van der Waals surface area contributed by atoms with Crippen LogP contribution >= 0.6 is 0 Å². The second-order valence-electron chi connectivity index (χ2n) is 5.64. The van der Waals surface area contributed by atoms with E-state index < -0.39 is 9.84 Å². The molecule has 21 heavy (non-hydrogen) atoms. The van der Waals surface area contributed by atoms with Crippen molar-refractivity contribution in [2.45, 2.75) is 37.1 Å². The van der Waals surface area contributed by atoms with Gasteiger partial charge in [0, 0.05) is 18.2 Å². The number of hydrogen-bond donors (Lipinski definition) is 2. The number of sulfone groups is 1. The molecule has 0 aromatic heterocycles. The molecule has 2 rings (SSSR count). The molecule has 1 aliphatic heterocycles. The standard InChI is InChI=1S/C15H23N3O2S/c1-12-5-2-3-8-18(12)9-10-21(19,20)14-7-4-6-13(11-14)15(16)17/h4,6-7,11-12H,2-3,5,8-10H2,1H3,(H3,16,17). The Hall–Kier alpha value is -1.40. The van der Waals surface area contributed by atoms with Gasteiger partial charge in [-0.15, -0.1) is 0 Å². The highest BCUT2D eigenvalue weighted by Crippen LogP contribution is 2.18. The van der Waals surface area contributed by atoms with Crippen LogP contribution in [0, 0.1) is 5.41 Å². The lowest BCUT2D eigenvalue weighted by Gasteiger charge is -2.33. The quantitative estimate of drug-likeness (QED) is 0.639. The molecule has 3 N–H and O–H groups in total. The van der Waals surface area contributed by atoms with Gasteiger partial charge in [0.05, 0.1) is 10.6 Å². The van der Waals surface area contributed by atoms with Crippen molar-refractivity contribution in [2.75, 3.05) is 18.8 Å². The van der Waals surface area contributed by atoms with Gasteiger partial charge in [-0.2, -0.15) is 0 Å². The molecule has 1 aromatic rings. The van der Waals surface area contributed by atoms with Crippen LogP contribution in [0.3, 0.4) is 0 Å². The molecular formula is C15H23N3O2S. The van der Waals surface area contributed by atoms with Gasteiger partial charge >= 0.3 is 0 Å². The van der Waals surface area contributed by atoms with Gasteiger partial charge in [-0.05, 0) is 38.4 Å². The first-order valence-corrected chi connectivity index (χ1v) is 8.96. The molecule has 5 nitrogen and oxygen atoms in total. The van der Waals surface area contributed by atoms with E-state index in [0.717, 1.165) is 19.4 Å². The van der Waals surface area contributed by atoms with Crippen molar-refractivity contribution in [3.63, 3.8) is 0 Å². The average Bonchev–Trinajstić information content (AvgIpc) is 2.46. The summed E-state index contributed by atoms with van der Waals surface area (Å²) in [5.74, 6) is -0.00434. The molecule has 0 radical (unpaired) electrons. The minimum Gasteiger partial charge on any atom is -0.384 e. The number of amidine groups is 1. The van der Waals surface area contributed by atoms with Crippen LogP contribution < -0.4 is 5.73 Å². The van der Waals surface area contributed by atoms with Crippen molar-refractivity contribution in [2.24, 2.45) is 5.73 Å². The van der Waals surface area contributed by atoms with Crippen LogP contribution in [0.1, 0.15) is 31.7 Å². The van der Waals surface area contributed by atoms with E-state index >= 15 is 0 Å². The van der Waals surface area contributed by atoms with Gasteiger partial charge in [0.25, 0.3) is 0 Å². The Balaban J connectivity index is 2.07. The average molecular weight is 309 g/mol. The SMILES string of the molecule is CC1CCCCN1CCS(=O)(=O)c1cccc(C(=N)N)c1. The minimum atomic E-state index is -3.33. The lowest BCUT2D eigenvalue weighted by atomic mass is 10.0. The summed E-state index contributed by atoms with van der Waals surface area (Å²) in [6, 6.07) is 6.79. The monoisotopic (exact) mass is 309 g/mol. The highest BCUT2D eigenvalue weighted by molar-refractivity contribution is 7.91. The zero-order valence-electron chi connectivity index (χ0n) is 12.4. The Kier molecular flexibility index (Phi) is 5.00. The van der Waals surface area contributed by atoms with Crippen LogP contribution in [0.2, 0.25) is 0 Å². The summed E-state index contributed by atoms with van der Waals surface area (Å²) in [5.41, 5.74) is 5.86.